The molecule has 1 aliphatic heterocycles. The van der Waals surface area contributed by atoms with E-state index < -0.39 is 6.10 Å². The van der Waals surface area contributed by atoms with E-state index in [9.17, 15) is 9.90 Å². The second-order valence-electron chi connectivity index (χ2n) is 8.15. The minimum absolute atomic E-state index is 0.159. The zero-order valence-corrected chi connectivity index (χ0v) is 18.7. The number of amides is 1. The van der Waals surface area contributed by atoms with Crippen LogP contribution in [0.3, 0.4) is 0 Å². The van der Waals surface area contributed by atoms with Crippen LogP contribution in [0, 0.1) is 13.8 Å². The highest BCUT2D eigenvalue weighted by Crippen LogP contribution is 2.23. The van der Waals surface area contributed by atoms with Gasteiger partial charge < -0.3 is 19.6 Å². The molecule has 1 saturated heterocycles. The van der Waals surface area contributed by atoms with Gasteiger partial charge in [0.1, 0.15) is 12.1 Å². The van der Waals surface area contributed by atoms with Crippen LogP contribution in [0.4, 0.5) is 5.69 Å². The van der Waals surface area contributed by atoms with E-state index in [-0.39, 0.29) is 18.3 Å². The third-order valence-electron chi connectivity index (χ3n) is 5.85. The van der Waals surface area contributed by atoms with Gasteiger partial charge in [-0.3, -0.25) is 4.79 Å². The van der Waals surface area contributed by atoms with Crippen LogP contribution in [0.25, 0.3) is 0 Å². The van der Waals surface area contributed by atoms with Crippen molar-refractivity contribution in [2.24, 2.45) is 0 Å². The van der Waals surface area contributed by atoms with Crippen LogP contribution in [0.15, 0.2) is 48.8 Å². The lowest BCUT2D eigenvalue weighted by Gasteiger charge is -2.36. The number of aryl methyl sites for hydroxylation is 2. The molecule has 1 amide bonds. The molecular weight excluding hydrogens is 406 g/mol. The van der Waals surface area contributed by atoms with Crippen molar-refractivity contribution in [3.63, 3.8) is 0 Å². The van der Waals surface area contributed by atoms with Crippen LogP contribution in [-0.4, -0.2) is 64.0 Å². The summed E-state index contributed by atoms with van der Waals surface area (Å²) < 4.78 is 6.65. The molecule has 1 N–H and O–H groups in total. The molecule has 32 heavy (non-hydrogen) atoms. The van der Waals surface area contributed by atoms with Gasteiger partial charge in [-0.15, -0.1) is 5.10 Å². The number of benzene rings is 2. The fourth-order valence-electron chi connectivity index (χ4n) is 4.04. The molecule has 0 radical (unpaired) electrons. The molecule has 1 atom stereocenters. The van der Waals surface area contributed by atoms with Crippen molar-refractivity contribution in [1.29, 1.82) is 0 Å². The number of carbonyl (C=O) groups excluding carboxylic acids is 1. The predicted molar refractivity (Wildman–Crippen MR) is 122 cm³/mol. The number of piperazine rings is 1. The van der Waals surface area contributed by atoms with Gasteiger partial charge in [-0.05, 0) is 43.2 Å². The number of aliphatic hydroxyl groups excluding tert-OH is 1. The van der Waals surface area contributed by atoms with Gasteiger partial charge in [0, 0.05) is 31.9 Å². The lowest BCUT2D eigenvalue weighted by Crippen LogP contribution is -2.49. The van der Waals surface area contributed by atoms with Crippen LogP contribution in [-0.2, 0) is 6.54 Å². The molecule has 3 aromatic rings. The Balaban J connectivity index is 1.34. The van der Waals surface area contributed by atoms with Crippen molar-refractivity contribution in [3.8, 4) is 5.75 Å². The maximum atomic E-state index is 12.9. The van der Waals surface area contributed by atoms with Crippen molar-refractivity contribution < 1.29 is 14.6 Å². The third-order valence-corrected chi connectivity index (χ3v) is 5.85. The summed E-state index contributed by atoms with van der Waals surface area (Å²) in [5.74, 6) is 0.710. The summed E-state index contributed by atoms with van der Waals surface area (Å²) in [5.41, 5.74) is 4.47. The molecule has 1 aliphatic rings. The normalized spacial score (nSPS) is 15.0. The smallest absolute Gasteiger partial charge is 0.293 e. The van der Waals surface area contributed by atoms with Crippen LogP contribution >= 0.6 is 0 Å². The topological polar surface area (TPSA) is 83.7 Å². The maximum Gasteiger partial charge on any atom is 0.293 e. The van der Waals surface area contributed by atoms with E-state index in [4.69, 9.17) is 4.74 Å². The van der Waals surface area contributed by atoms with Gasteiger partial charge in [0.25, 0.3) is 5.91 Å². The molecule has 0 aliphatic carbocycles. The minimum Gasteiger partial charge on any atom is -0.497 e. The van der Waals surface area contributed by atoms with Crippen molar-refractivity contribution in [2.75, 3.05) is 38.2 Å². The highest BCUT2D eigenvalue weighted by molar-refractivity contribution is 5.90. The average Bonchev–Trinajstić information content (AvgIpc) is 3.27. The molecule has 168 valence electrons. The van der Waals surface area contributed by atoms with Gasteiger partial charge in [-0.25, -0.2) is 9.67 Å². The fourth-order valence-corrected chi connectivity index (χ4v) is 4.04. The van der Waals surface area contributed by atoms with E-state index in [2.05, 4.69) is 47.0 Å². The summed E-state index contributed by atoms with van der Waals surface area (Å²) >= 11 is 0. The number of aliphatic hydroxyl groups is 1. The number of nitrogens with zero attached hydrogens (tertiary/aromatic N) is 5. The third kappa shape index (κ3) is 4.75. The molecule has 8 nitrogen and oxygen atoms in total. The molecule has 2 heterocycles. The second-order valence-corrected chi connectivity index (χ2v) is 8.15. The number of ether oxygens (including phenoxy) is 1. The first-order chi connectivity index (χ1) is 15.4. The number of carbonyl (C=O) groups is 1. The summed E-state index contributed by atoms with van der Waals surface area (Å²) in [6, 6.07) is 13.7. The van der Waals surface area contributed by atoms with Gasteiger partial charge in [0.2, 0.25) is 5.82 Å². The van der Waals surface area contributed by atoms with E-state index in [0.717, 1.165) is 24.4 Å². The van der Waals surface area contributed by atoms with E-state index in [1.165, 1.54) is 27.8 Å². The highest BCUT2D eigenvalue weighted by atomic mass is 16.5. The summed E-state index contributed by atoms with van der Waals surface area (Å²) in [6.45, 7) is 7.21. The molecule has 0 spiro atoms. The highest BCUT2D eigenvalue weighted by Gasteiger charge is 2.25. The summed E-state index contributed by atoms with van der Waals surface area (Å²) in [7, 11) is 1.60. The van der Waals surface area contributed by atoms with Crippen molar-refractivity contribution in [1.82, 2.24) is 19.7 Å². The van der Waals surface area contributed by atoms with Crippen molar-refractivity contribution in [3.05, 3.63) is 71.3 Å². The molecule has 0 bridgehead atoms. The molecule has 2 aromatic carbocycles. The minimum atomic E-state index is -0.758. The first kappa shape index (κ1) is 21.8. The van der Waals surface area contributed by atoms with E-state index in [1.54, 1.807) is 24.1 Å². The van der Waals surface area contributed by atoms with Gasteiger partial charge in [-0.2, -0.15) is 0 Å². The number of aromatic nitrogens is 3. The van der Waals surface area contributed by atoms with E-state index in [1.807, 2.05) is 12.1 Å². The first-order valence-corrected chi connectivity index (χ1v) is 10.8. The van der Waals surface area contributed by atoms with Crippen LogP contribution in [0.5, 0.6) is 5.75 Å². The Morgan fingerprint density at radius 2 is 1.81 bits per heavy atom. The number of hydrogen-bond acceptors (Lipinski definition) is 6. The Morgan fingerprint density at radius 3 is 2.47 bits per heavy atom. The lowest BCUT2D eigenvalue weighted by molar-refractivity contribution is 0.0733. The zero-order chi connectivity index (χ0) is 22.7. The Morgan fingerprint density at radius 1 is 1.09 bits per heavy atom. The molecular formula is C24H29N5O3. The standard InChI is InChI=1S/C24H29N5O3/c1-17-4-9-21(18(2)14-17)27-10-12-28(13-11-27)24(31)23-25-16-29(26-23)15-22(30)19-5-7-20(32-3)8-6-19/h4-9,14,16,22,30H,10-13,15H2,1-3H3. The summed E-state index contributed by atoms with van der Waals surface area (Å²) in [4.78, 5) is 21.2. The molecule has 1 fully saturated rings. The van der Waals surface area contributed by atoms with Gasteiger partial charge in [0.15, 0.2) is 0 Å². The van der Waals surface area contributed by atoms with Crippen molar-refractivity contribution >= 4 is 11.6 Å². The SMILES string of the molecule is COc1ccc(C(O)Cn2cnc(C(=O)N3CCN(c4ccc(C)cc4C)CC3)n2)cc1. The fraction of sp³-hybridized carbons (Fsp3) is 0.375. The Bertz CT molecular complexity index is 1070. The zero-order valence-electron chi connectivity index (χ0n) is 18.7. The summed E-state index contributed by atoms with van der Waals surface area (Å²) in [6.07, 6.45) is 0.734. The second kappa shape index (κ2) is 9.40. The monoisotopic (exact) mass is 435 g/mol. The average molecular weight is 436 g/mol. The number of rotatable bonds is 6. The van der Waals surface area contributed by atoms with Crippen LogP contribution in [0.1, 0.15) is 33.4 Å². The Labute approximate surface area is 188 Å². The van der Waals surface area contributed by atoms with Gasteiger partial charge in [-0.1, -0.05) is 29.8 Å². The molecule has 8 heteroatoms. The Hall–Kier alpha value is -3.39. The van der Waals surface area contributed by atoms with E-state index >= 15 is 0 Å². The molecule has 0 saturated carbocycles. The maximum absolute atomic E-state index is 12.9. The predicted octanol–water partition coefficient (Wildman–Crippen LogP) is 2.60. The first-order valence-electron chi connectivity index (χ1n) is 10.8. The molecule has 1 aromatic heterocycles. The van der Waals surface area contributed by atoms with E-state index in [0.29, 0.717) is 13.1 Å². The largest absolute Gasteiger partial charge is 0.497 e. The van der Waals surface area contributed by atoms with Crippen LogP contribution in [0.2, 0.25) is 0 Å². The van der Waals surface area contributed by atoms with Crippen LogP contribution < -0.4 is 9.64 Å². The number of anilines is 1. The Kier molecular flexibility index (Phi) is 6.41. The lowest BCUT2D eigenvalue weighted by atomic mass is 10.1. The van der Waals surface area contributed by atoms with Crippen molar-refractivity contribution in [2.45, 2.75) is 26.5 Å². The quantitative estimate of drug-likeness (QED) is 0.641. The summed E-state index contributed by atoms with van der Waals surface area (Å²) in [5, 5.41) is 14.8. The van der Waals surface area contributed by atoms with Gasteiger partial charge >= 0.3 is 0 Å². The van der Waals surface area contributed by atoms with Gasteiger partial charge in [0.05, 0.1) is 19.8 Å². The molecule has 1 unspecified atom stereocenters. The molecule has 4 rings (SSSR count). The number of methoxy groups -OCH3 is 1. The number of hydrogen-bond donors (Lipinski definition) is 1.